The molecule has 1 aliphatic rings. The first-order chi connectivity index (χ1) is 8.31. The van der Waals surface area contributed by atoms with Gasteiger partial charge in [0.2, 0.25) is 0 Å². The summed E-state index contributed by atoms with van der Waals surface area (Å²) in [5.74, 6) is 1.12. The zero-order valence-electron chi connectivity index (χ0n) is 10.9. The monoisotopic (exact) mass is 233 g/mol. The highest BCUT2D eigenvalue weighted by atomic mass is 15.2. The van der Waals surface area contributed by atoms with Crippen molar-refractivity contribution in [2.45, 2.75) is 45.2 Å². The summed E-state index contributed by atoms with van der Waals surface area (Å²) in [4.78, 5) is 6.84. The van der Waals surface area contributed by atoms with Gasteiger partial charge in [-0.1, -0.05) is 19.8 Å². The molecule has 94 valence electrons. The molecule has 0 unspecified atom stereocenters. The highest BCUT2D eigenvalue weighted by molar-refractivity contribution is 5.41. The molecule has 1 aliphatic carbocycles. The van der Waals surface area contributed by atoms with Crippen LogP contribution in [0.15, 0.2) is 18.3 Å². The lowest BCUT2D eigenvalue weighted by Crippen LogP contribution is -2.29. The van der Waals surface area contributed by atoms with E-state index in [9.17, 15) is 0 Å². The van der Waals surface area contributed by atoms with E-state index in [0.29, 0.717) is 6.04 Å². The normalized spacial score (nSPS) is 16.4. The number of nitrogens with one attached hydrogen (secondary N) is 1. The number of aromatic nitrogens is 1. The van der Waals surface area contributed by atoms with Crippen LogP contribution < -0.4 is 10.2 Å². The predicted molar refractivity (Wildman–Crippen MR) is 72.3 cm³/mol. The van der Waals surface area contributed by atoms with E-state index in [4.69, 9.17) is 0 Å². The number of nitrogens with zero attached hydrogens (tertiary/aromatic N) is 2. The lowest BCUT2D eigenvalue weighted by atomic mass is 10.2. The topological polar surface area (TPSA) is 28.2 Å². The molecule has 0 saturated heterocycles. The van der Waals surface area contributed by atoms with Gasteiger partial charge in [0.15, 0.2) is 0 Å². The van der Waals surface area contributed by atoms with Crippen LogP contribution in [0.5, 0.6) is 0 Å². The van der Waals surface area contributed by atoms with Gasteiger partial charge in [-0.3, -0.25) is 0 Å². The van der Waals surface area contributed by atoms with Crippen molar-refractivity contribution < 1.29 is 0 Å². The Morgan fingerprint density at radius 1 is 1.41 bits per heavy atom. The van der Waals surface area contributed by atoms with E-state index in [1.54, 1.807) is 0 Å². The van der Waals surface area contributed by atoms with Crippen LogP contribution in [-0.4, -0.2) is 24.6 Å². The van der Waals surface area contributed by atoms with E-state index in [1.165, 1.54) is 31.2 Å². The quantitative estimate of drug-likeness (QED) is 0.847. The first kappa shape index (κ1) is 12.4. The molecule has 0 radical (unpaired) electrons. The van der Waals surface area contributed by atoms with Crippen LogP contribution in [0.2, 0.25) is 0 Å². The fraction of sp³-hybridized carbons (Fsp3) is 0.643. The summed E-state index contributed by atoms with van der Waals surface area (Å²) in [6.07, 6.45) is 7.29. The van der Waals surface area contributed by atoms with Gasteiger partial charge in [0, 0.05) is 25.8 Å². The molecule has 0 amide bonds. The molecule has 1 fully saturated rings. The second-order valence-corrected chi connectivity index (χ2v) is 4.85. The molecule has 0 aliphatic heterocycles. The largest absolute Gasteiger partial charge is 0.357 e. The fourth-order valence-corrected chi connectivity index (χ4v) is 2.51. The summed E-state index contributed by atoms with van der Waals surface area (Å²) < 4.78 is 0. The predicted octanol–water partition coefficient (Wildman–Crippen LogP) is 2.57. The summed E-state index contributed by atoms with van der Waals surface area (Å²) in [6, 6.07) is 4.99. The highest BCUT2D eigenvalue weighted by Gasteiger charge is 2.20. The first-order valence-corrected chi connectivity index (χ1v) is 6.69. The van der Waals surface area contributed by atoms with Crippen molar-refractivity contribution in [3.8, 4) is 0 Å². The molecular weight excluding hydrogens is 210 g/mol. The van der Waals surface area contributed by atoms with Gasteiger partial charge in [-0.15, -0.1) is 0 Å². The van der Waals surface area contributed by atoms with E-state index in [-0.39, 0.29) is 0 Å². The number of hydrogen-bond donors (Lipinski definition) is 1. The van der Waals surface area contributed by atoms with Gasteiger partial charge in [-0.2, -0.15) is 0 Å². The average molecular weight is 233 g/mol. The van der Waals surface area contributed by atoms with Gasteiger partial charge in [-0.25, -0.2) is 4.98 Å². The second-order valence-electron chi connectivity index (χ2n) is 4.85. The molecule has 0 atom stereocenters. The van der Waals surface area contributed by atoms with Gasteiger partial charge >= 0.3 is 0 Å². The molecule has 1 aromatic rings. The van der Waals surface area contributed by atoms with Crippen molar-refractivity contribution in [3.63, 3.8) is 0 Å². The molecule has 0 aromatic carbocycles. The van der Waals surface area contributed by atoms with Crippen LogP contribution in [0.1, 0.15) is 38.2 Å². The van der Waals surface area contributed by atoms with E-state index in [0.717, 1.165) is 18.9 Å². The van der Waals surface area contributed by atoms with Crippen LogP contribution in [0.4, 0.5) is 5.82 Å². The zero-order valence-corrected chi connectivity index (χ0v) is 10.9. The van der Waals surface area contributed by atoms with Gasteiger partial charge in [0.1, 0.15) is 5.82 Å². The molecule has 0 bridgehead atoms. The smallest absolute Gasteiger partial charge is 0.128 e. The minimum Gasteiger partial charge on any atom is -0.357 e. The molecule has 1 N–H and O–H groups in total. The number of anilines is 1. The molecule has 0 spiro atoms. The third-order valence-electron chi connectivity index (χ3n) is 3.62. The molecule has 1 saturated carbocycles. The molecular formula is C14H23N3. The summed E-state index contributed by atoms with van der Waals surface area (Å²) >= 11 is 0. The van der Waals surface area contributed by atoms with E-state index in [2.05, 4.69) is 41.3 Å². The molecule has 1 aromatic heterocycles. The Bertz CT molecular complexity index is 345. The Kier molecular flexibility index (Phi) is 4.37. The number of rotatable bonds is 5. The maximum absolute atomic E-state index is 4.49. The lowest BCUT2D eigenvalue weighted by Gasteiger charge is -2.25. The van der Waals surface area contributed by atoms with Crippen molar-refractivity contribution in [1.82, 2.24) is 10.3 Å². The SMILES string of the molecule is CCNCc1ccnc(N(C)C2CCCC2)c1. The minimum atomic E-state index is 0.692. The molecule has 17 heavy (non-hydrogen) atoms. The van der Waals surface area contributed by atoms with Gasteiger partial charge in [0.05, 0.1) is 0 Å². The molecule has 2 rings (SSSR count). The Morgan fingerprint density at radius 2 is 2.18 bits per heavy atom. The summed E-state index contributed by atoms with van der Waals surface area (Å²) in [5, 5.41) is 3.35. The van der Waals surface area contributed by atoms with Gasteiger partial charge < -0.3 is 10.2 Å². The van der Waals surface area contributed by atoms with Crippen molar-refractivity contribution in [2.75, 3.05) is 18.5 Å². The Hall–Kier alpha value is -1.09. The van der Waals surface area contributed by atoms with Crippen molar-refractivity contribution in [2.24, 2.45) is 0 Å². The average Bonchev–Trinajstić information content (AvgIpc) is 2.89. The summed E-state index contributed by atoms with van der Waals surface area (Å²) in [7, 11) is 2.18. The van der Waals surface area contributed by atoms with Crippen molar-refractivity contribution in [1.29, 1.82) is 0 Å². The zero-order chi connectivity index (χ0) is 12.1. The minimum absolute atomic E-state index is 0.692. The van der Waals surface area contributed by atoms with E-state index in [1.807, 2.05) is 6.20 Å². The fourth-order valence-electron chi connectivity index (χ4n) is 2.51. The van der Waals surface area contributed by atoms with Crippen LogP contribution in [-0.2, 0) is 6.54 Å². The molecule has 3 nitrogen and oxygen atoms in total. The Balaban J connectivity index is 2.03. The first-order valence-electron chi connectivity index (χ1n) is 6.69. The lowest BCUT2D eigenvalue weighted by molar-refractivity contribution is 0.645. The van der Waals surface area contributed by atoms with E-state index < -0.39 is 0 Å². The Labute approximate surface area is 104 Å². The maximum Gasteiger partial charge on any atom is 0.128 e. The van der Waals surface area contributed by atoms with Crippen LogP contribution in [0.25, 0.3) is 0 Å². The standard InChI is InChI=1S/C14H23N3/c1-3-15-11-12-8-9-16-14(10-12)17(2)13-6-4-5-7-13/h8-10,13,15H,3-7,11H2,1-2H3. The third kappa shape index (κ3) is 3.19. The summed E-state index contributed by atoms with van der Waals surface area (Å²) in [6.45, 7) is 4.08. The van der Waals surface area contributed by atoms with Gasteiger partial charge in [0.25, 0.3) is 0 Å². The molecule has 3 heteroatoms. The van der Waals surface area contributed by atoms with Crippen LogP contribution in [0.3, 0.4) is 0 Å². The third-order valence-corrected chi connectivity index (χ3v) is 3.62. The van der Waals surface area contributed by atoms with Crippen molar-refractivity contribution in [3.05, 3.63) is 23.9 Å². The van der Waals surface area contributed by atoms with Gasteiger partial charge in [-0.05, 0) is 37.1 Å². The summed E-state index contributed by atoms with van der Waals surface area (Å²) in [5.41, 5.74) is 1.32. The number of hydrogen-bond acceptors (Lipinski definition) is 3. The van der Waals surface area contributed by atoms with Crippen molar-refractivity contribution >= 4 is 5.82 Å². The molecule has 1 heterocycles. The maximum atomic E-state index is 4.49. The van der Waals surface area contributed by atoms with Crippen LogP contribution >= 0.6 is 0 Å². The van der Waals surface area contributed by atoms with Crippen LogP contribution in [0, 0.1) is 0 Å². The second kappa shape index (κ2) is 6.01. The van der Waals surface area contributed by atoms with E-state index >= 15 is 0 Å². The Morgan fingerprint density at radius 3 is 2.88 bits per heavy atom. The number of pyridine rings is 1. The highest BCUT2D eigenvalue weighted by Crippen LogP contribution is 2.25.